The van der Waals surface area contributed by atoms with Crippen LogP contribution in [0.25, 0.3) is 0 Å². The number of carbonyl (C=O) groups is 2. The third-order valence-corrected chi connectivity index (χ3v) is 2.54. The van der Waals surface area contributed by atoms with Gasteiger partial charge in [-0.25, -0.2) is 9.59 Å². The van der Waals surface area contributed by atoms with E-state index in [1.165, 1.54) is 6.07 Å². The molecular weight excluding hydrogens is 288 g/mol. The molecule has 0 unspecified atom stereocenters. The van der Waals surface area contributed by atoms with Gasteiger partial charge < -0.3 is 9.84 Å². The van der Waals surface area contributed by atoms with Crippen LogP contribution in [0, 0.1) is 6.92 Å². The Morgan fingerprint density at radius 2 is 1.94 bits per heavy atom. The lowest BCUT2D eigenvalue weighted by molar-refractivity contribution is 0.0370. The summed E-state index contributed by atoms with van der Waals surface area (Å²) in [5.41, 5.74) is 0.624. The zero-order chi connectivity index (χ0) is 13.2. The number of carbonyl (C=O) groups excluding carboxylic acids is 1. The molecule has 1 N–H and O–H groups in total. The van der Waals surface area contributed by atoms with Crippen molar-refractivity contribution in [3.05, 3.63) is 33.3 Å². The number of ether oxygens (including phenoxy) is 1. The minimum Gasteiger partial charge on any atom is -0.478 e. The van der Waals surface area contributed by atoms with E-state index in [0.717, 1.165) is 0 Å². The van der Waals surface area contributed by atoms with Gasteiger partial charge in [0.25, 0.3) is 0 Å². The Labute approximate surface area is 108 Å². The van der Waals surface area contributed by atoms with Gasteiger partial charge in [0.05, 0.1) is 17.2 Å². The molecule has 0 aromatic heterocycles. The maximum absolute atomic E-state index is 11.8. The van der Waals surface area contributed by atoms with Crippen molar-refractivity contribution in [2.75, 3.05) is 0 Å². The Bertz CT molecular complexity index is 466. The number of hydrogen-bond acceptors (Lipinski definition) is 3. The molecule has 4 nitrogen and oxygen atoms in total. The molecule has 5 heteroatoms. The standard InChI is InChI=1S/C12H13BrO4/c1-6(2)17-12(16)10-7(3)4-8(13)5-9(10)11(14)15/h4-6H,1-3H3,(H,14,15). The summed E-state index contributed by atoms with van der Waals surface area (Å²) in [7, 11) is 0. The summed E-state index contributed by atoms with van der Waals surface area (Å²) in [6, 6.07) is 3.08. The van der Waals surface area contributed by atoms with E-state index in [0.29, 0.717) is 10.0 Å². The number of aryl methyl sites for hydroxylation is 1. The lowest BCUT2D eigenvalue weighted by atomic mass is 10.0. The second-order valence-electron chi connectivity index (χ2n) is 3.90. The second-order valence-corrected chi connectivity index (χ2v) is 4.82. The molecule has 0 amide bonds. The minimum absolute atomic E-state index is 0.0532. The molecule has 0 spiro atoms. The van der Waals surface area contributed by atoms with Crippen LogP contribution in [0.5, 0.6) is 0 Å². The highest BCUT2D eigenvalue weighted by Gasteiger charge is 2.21. The molecule has 0 aliphatic carbocycles. The lowest BCUT2D eigenvalue weighted by Crippen LogP contribution is -2.17. The summed E-state index contributed by atoms with van der Waals surface area (Å²) in [6.45, 7) is 5.10. The van der Waals surface area contributed by atoms with Crippen LogP contribution in [-0.2, 0) is 4.74 Å². The van der Waals surface area contributed by atoms with Gasteiger partial charge in [-0.15, -0.1) is 0 Å². The molecule has 1 aromatic carbocycles. The zero-order valence-corrected chi connectivity index (χ0v) is 11.4. The molecule has 0 fully saturated rings. The van der Waals surface area contributed by atoms with Crippen molar-refractivity contribution in [1.82, 2.24) is 0 Å². The van der Waals surface area contributed by atoms with E-state index in [2.05, 4.69) is 15.9 Å². The Morgan fingerprint density at radius 1 is 1.35 bits per heavy atom. The number of carboxylic acid groups (broad SMARTS) is 1. The van der Waals surface area contributed by atoms with Gasteiger partial charge in [0.2, 0.25) is 0 Å². The normalized spacial score (nSPS) is 10.4. The van der Waals surface area contributed by atoms with Gasteiger partial charge in [-0.3, -0.25) is 0 Å². The summed E-state index contributed by atoms with van der Waals surface area (Å²) in [5.74, 6) is -1.76. The monoisotopic (exact) mass is 300 g/mol. The smallest absolute Gasteiger partial charge is 0.339 e. The number of benzene rings is 1. The van der Waals surface area contributed by atoms with Crippen LogP contribution in [0.15, 0.2) is 16.6 Å². The largest absolute Gasteiger partial charge is 0.478 e. The zero-order valence-electron chi connectivity index (χ0n) is 9.78. The van der Waals surface area contributed by atoms with E-state index < -0.39 is 11.9 Å². The molecule has 1 rings (SSSR count). The van der Waals surface area contributed by atoms with Crippen molar-refractivity contribution < 1.29 is 19.4 Å². The summed E-state index contributed by atoms with van der Waals surface area (Å²) in [6.07, 6.45) is -0.285. The molecule has 1 aromatic rings. The number of hydrogen-bond donors (Lipinski definition) is 1. The number of esters is 1. The van der Waals surface area contributed by atoms with E-state index in [-0.39, 0.29) is 17.2 Å². The van der Waals surface area contributed by atoms with E-state index in [1.807, 2.05) is 0 Å². The maximum Gasteiger partial charge on any atom is 0.339 e. The van der Waals surface area contributed by atoms with Crippen molar-refractivity contribution in [3.8, 4) is 0 Å². The van der Waals surface area contributed by atoms with Crippen LogP contribution in [0.2, 0.25) is 0 Å². The molecule has 92 valence electrons. The third-order valence-electron chi connectivity index (χ3n) is 2.08. The number of carboxylic acids is 1. The van der Waals surface area contributed by atoms with Crippen molar-refractivity contribution in [1.29, 1.82) is 0 Å². The first-order chi connectivity index (χ1) is 7.82. The van der Waals surface area contributed by atoms with Crippen LogP contribution in [0.3, 0.4) is 0 Å². The molecule has 0 bridgehead atoms. The summed E-state index contributed by atoms with van der Waals surface area (Å²) >= 11 is 3.20. The fraction of sp³-hybridized carbons (Fsp3) is 0.333. The summed E-state index contributed by atoms with van der Waals surface area (Å²) in [4.78, 5) is 22.9. The van der Waals surface area contributed by atoms with Gasteiger partial charge >= 0.3 is 11.9 Å². The van der Waals surface area contributed by atoms with Crippen molar-refractivity contribution in [3.63, 3.8) is 0 Å². The lowest BCUT2D eigenvalue weighted by Gasteiger charge is -2.12. The second kappa shape index (κ2) is 5.31. The highest BCUT2D eigenvalue weighted by molar-refractivity contribution is 9.10. The average Bonchev–Trinajstić information content (AvgIpc) is 2.14. The summed E-state index contributed by atoms with van der Waals surface area (Å²) in [5, 5.41) is 9.07. The Kier molecular flexibility index (Phi) is 4.28. The number of rotatable bonds is 3. The minimum atomic E-state index is -1.15. The molecule has 0 atom stereocenters. The third kappa shape index (κ3) is 3.30. The topological polar surface area (TPSA) is 63.6 Å². The molecule has 0 saturated carbocycles. The quantitative estimate of drug-likeness (QED) is 0.872. The molecule has 0 heterocycles. The Balaban J connectivity index is 3.30. The molecule has 0 aliphatic rings. The first-order valence-corrected chi connectivity index (χ1v) is 5.86. The van der Waals surface area contributed by atoms with Gasteiger partial charge in [0.15, 0.2) is 0 Å². The van der Waals surface area contributed by atoms with Gasteiger partial charge in [-0.1, -0.05) is 15.9 Å². The van der Waals surface area contributed by atoms with Crippen LogP contribution in [0.4, 0.5) is 0 Å². The van der Waals surface area contributed by atoms with Crippen LogP contribution in [0.1, 0.15) is 40.1 Å². The fourth-order valence-corrected chi connectivity index (χ4v) is 2.03. The highest BCUT2D eigenvalue weighted by Crippen LogP contribution is 2.22. The van der Waals surface area contributed by atoms with Gasteiger partial charge in [0.1, 0.15) is 0 Å². The molecule has 0 saturated heterocycles. The van der Waals surface area contributed by atoms with E-state index >= 15 is 0 Å². The maximum atomic E-state index is 11.8. The molecule has 0 aliphatic heterocycles. The highest BCUT2D eigenvalue weighted by atomic mass is 79.9. The van der Waals surface area contributed by atoms with Crippen molar-refractivity contribution in [2.45, 2.75) is 26.9 Å². The van der Waals surface area contributed by atoms with Crippen LogP contribution in [-0.4, -0.2) is 23.1 Å². The Morgan fingerprint density at radius 3 is 2.41 bits per heavy atom. The van der Waals surface area contributed by atoms with E-state index in [1.54, 1.807) is 26.8 Å². The van der Waals surface area contributed by atoms with Crippen LogP contribution < -0.4 is 0 Å². The predicted octanol–water partition coefficient (Wildman–Crippen LogP) is 3.02. The van der Waals surface area contributed by atoms with Gasteiger partial charge in [-0.05, 0) is 38.5 Å². The molecule has 0 radical (unpaired) electrons. The van der Waals surface area contributed by atoms with E-state index in [9.17, 15) is 9.59 Å². The van der Waals surface area contributed by atoms with Gasteiger partial charge in [0, 0.05) is 4.47 Å². The average molecular weight is 301 g/mol. The Hall–Kier alpha value is -1.36. The fourth-order valence-electron chi connectivity index (χ4n) is 1.46. The first kappa shape index (κ1) is 13.7. The van der Waals surface area contributed by atoms with Crippen molar-refractivity contribution in [2.24, 2.45) is 0 Å². The van der Waals surface area contributed by atoms with Crippen molar-refractivity contribution >= 4 is 27.9 Å². The molecular formula is C12H13BrO4. The number of aromatic carboxylic acids is 1. The predicted molar refractivity (Wildman–Crippen MR) is 66.4 cm³/mol. The SMILES string of the molecule is Cc1cc(Br)cc(C(=O)O)c1C(=O)OC(C)C. The molecule has 17 heavy (non-hydrogen) atoms. The summed E-state index contributed by atoms with van der Waals surface area (Å²) < 4.78 is 5.65. The number of halogens is 1. The first-order valence-electron chi connectivity index (χ1n) is 5.07. The van der Waals surface area contributed by atoms with Gasteiger partial charge in [-0.2, -0.15) is 0 Å². The van der Waals surface area contributed by atoms with E-state index in [4.69, 9.17) is 9.84 Å². The van der Waals surface area contributed by atoms with Crippen LogP contribution >= 0.6 is 15.9 Å².